The lowest BCUT2D eigenvalue weighted by Gasteiger charge is -2.29. The molecule has 0 aromatic heterocycles. The highest BCUT2D eigenvalue weighted by molar-refractivity contribution is 7.89. The zero-order valence-electron chi connectivity index (χ0n) is 17.9. The van der Waals surface area contributed by atoms with Crippen molar-refractivity contribution in [1.82, 2.24) is 9.62 Å². The number of rotatable bonds is 9. The molecule has 0 saturated carbocycles. The van der Waals surface area contributed by atoms with Crippen molar-refractivity contribution in [3.63, 3.8) is 0 Å². The van der Waals surface area contributed by atoms with Gasteiger partial charge in [-0.25, -0.2) is 8.42 Å². The molecule has 3 aromatic rings. The van der Waals surface area contributed by atoms with E-state index < -0.39 is 22.0 Å². The maximum Gasteiger partial charge on any atom is 0.251 e. The van der Waals surface area contributed by atoms with Crippen LogP contribution in [-0.2, 0) is 21.4 Å². The first-order chi connectivity index (χ1) is 15.7. The number of sulfonamides is 1. The molecule has 3 rings (SSSR count). The van der Waals surface area contributed by atoms with Crippen molar-refractivity contribution < 1.29 is 18.0 Å². The number of carbonyl (C=O) groups excluding carboxylic acids is 2. The van der Waals surface area contributed by atoms with Crippen LogP contribution in [-0.4, -0.2) is 31.1 Å². The van der Waals surface area contributed by atoms with Gasteiger partial charge in [-0.3, -0.25) is 9.59 Å². The highest BCUT2D eigenvalue weighted by atomic mass is 35.5. The molecule has 0 fully saturated rings. The molecule has 2 amide bonds. The van der Waals surface area contributed by atoms with E-state index in [1.54, 1.807) is 54.6 Å². The SMILES string of the molecule is CCNC(=O)c1ccc(CN([C@@H](C(N)=O)c2ccccc2)S(=O)(=O)c2ccc(Cl)cc2)cc1. The number of nitrogens with zero attached hydrogens (tertiary/aromatic N) is 1. The molecule has 0 aliphatic carbocycles. The monoisotopic (exact) mass is 485 g/mol. The van der Waals surface area contributed by atoms with Crippen LogP contribution in [0.25, 0.3) is 0 Å². The van der Waals surface area contributed by atoms with Crippen LogP contribution in [0.3, 0.4) is 0 Å². The van der Waals surface area contributed by atoms with Gasteiger partial charge in [-0.15, -0.1) is 0 Å². The number of halogens is 1. The standard InChI is InChI=1S/C24H24ClN3O4S/c1-2-27-24(30)19-10-8-17(9-11-19)16-28(22(23(26)29)18-6-4-3-5-7-18)33(31,32)21-14-12-20(25)13-15-21/h3-15,22H,2,16H2,1H3,(H2,26,29)(H,27,30)/t22-/m1/s1. The Balaban J connectivity index is 2.06. The Bertz CT molecular complexity index is 1210. The van der Waals surface area contributed by atoms with Gasteiger partial charge < -0.3 is 11.1 Å². The lowest BCUT2D eigenvalue weighted by atomic mass is 10.1. The van der Waals surface area contributed by atoms with Crippen molar-refractivity contribution in [2.45, 2.75) is 24.4 Å². The minimum atomic E-state index is -4.15. The first kappa shape index (κ1) is 24.4. The third-order valence-electron chi connectivity index (χ3n) is 4.98. The maximum atomic E-state index is 13.6. The number of hydrogen-bond acceptors (Lipinski definition) is 4. The highest BCUT2D eigenvalue weighted by Gasteiger charge is 2.36. The van der Waals surface area contributed by atoms with Crippen molar-refractivity contribution >= 4 is 33.4 Å². The van der Waals surface area contributed by atoms with Gasteiger partial charge >= 0.3 is 0 Å². The molecular weight excluding hydrogens is 462 g/mol. The quantitative estimate of drug-likeness (QED) is 0.483. The van der Waals surface area contributed by atoms with Crippen molar-refractivity contribution in [3.05, 3.63) is 101 Å². The summed E-state index contributed by atoms with van der Waals surface area (Å²) in [5.41, 5.74) is 7.18. The first-order valence-electron chi connectivity index (χ1n) is 10.2. The average Bonchev–Trinajstić information content (AvgIpc) is 2.80. The third kappa shape index (κ3) is 5.78. The van der Waals surface area contributed by atoms with Gasteiger partial charge in [-0.05, 0) is 54.4 Å². The van der Waals surface area contributed by atoms with Crippen LogP contribution in [0.2, 0.25) is 5.02 Å². The normalized spacial score (nSPS) is 12.3. The molecule has 0 bridgehead atoms. The molecule has 0 spiro atoms. The molecule has 0 radical (unpaired) electrons. The van der Waals surface area contributed by atoms with Gasteiger partial charge in [-0.2, -0.15) is 4.31 Å². The number of primary amides is 1. The molecular formula is C24H24ClN3O4S. The minimum Gasteiger partial charge on any atom is -0.368 e. The summed E-state index contributed by atoms with van der Waals surface area (Å²) in [6.45, 7) is 2.17. The Kier molecular flexibility index (Phi) is 7.86. The van der Waals surface area contributed by atoms with Gasteiger partial charge in [0.25, 0.3) is 5.91 Å². The van der Waals surface area contributed by atoms with Crippen LogP contribution in [0.4, 0.5) is 0 Å². The Morgan fingerprint density at radius 1 is 0.970 bits per heavy atom. The van der Waals surface area contributed by atoms with Crippen LogP contribution >= 0.6 is 11.6 Å². The van der Waals surface area contributed by atoms with E-state index in [0.29, 0.717) is 28.3 Å². The predicted octanol–water partition coefficient (Wildman–Crippen LogP) is 3.51. The molecule has 33 heavy (non-hydrogen) atoms. The molecule has 0 aliphatic heterocycles. The lowest BCUT2D eigenvalue weighted by molar-refractivity contribution is -0.122. The van der Waals surface area contributed by atoms with Gasteiger partial charge in [-0.1, -0.05) is 54.1 Å². The van der Waals surface area contributed by atoms with Crippen molar-refractivity contribution in [2.24, 2.45) is 5.73 Å². The molecule has 0 saturated heterocycles. The molecule has 172 valence electrons. The molecule has 0 unspecified atom stereocenters. The molecule has 7 nitrogen and oxygen atoms in total. The summed E-state index contributed by atoms with van der Waals surface area (Å²) in [4.78, 5) is 24.5. The second-order valence-corrected chi connectivity index (χ2v) is 9.60. The number of carbonyl (C=O) groups is 2. The molecule has 3 N–H and O–H groups in total. The van der Waals surface area contributed by atoms with E-state index in [1.807, 2.05) is 6.92 Å². The number of nitrogens with one attached hydrogen (secondary N) is 1. The van der Waals surface area contributed by atoms with Gasteiger partial charge in [0.1, 0.15) is 6.04 Å². The summed E-state index contributed by atoms with van der Waals surface area (Å²) < 4.78 is 28.3. The Morgan fingerprint density at radius 3 is 2.12 bits per heavy atom. The summed E-state index contributed by atoms with van der Waals surface area (Å²) in [5.74, 6) is -1.04. The Labute approximate surface area is 198 Å². The van der Waals surface area contributed by atoms with E-state index in [1.165, 1.54) is 24.3 Å². The second-order valence-electron chi connectivity index (χ2n) is 7.28. The van der Waals surface area contributed by atoms with Crippen LogP contribution in [0.1, 0.15) is 34.5 Å². The molecule has 1 atom stereocenters. The number of amides is 2. The van der Waals surface area contributed by atoms with Gasteiger partial charge in [0.2, 0.25) is 15.9 Å². The van der Waals surface area contributed by atoms with Gasteiger partial charge in [0.05, 0.1) is 4.90 Å². The fraction of sp³-hybridized carbons (Fsp3) is 0.167. The lowest BCUT2D eigenvalue weighted by Crippen LogP contribution is -2.41. The molecule has 0 heterocycles. The fourth-order valence-electron chi connectivity index (χ4n) is 3.37. The zero-order chi connectivity index (χ0) is 24.0. The molecule has 9 heteroatoms. The average molecular weight is 486 g/mol. The first-order valence-corrected chi connectivity index (χ1v) is 12.0. The largest absolute Gasteiger partial charge is 0.368 e. The maximum absolute atomic E-state index is 13.6. The van der Waals surface area contributed by atoms with Gasteiger partial charge in [0, 0.05) is 23.7 Å². The molecule has 3 aromatic carbocycles. The Hall–Kier alpha value is -3.20. The van der Waals surface area contributed by atoms with Crippen molar-refractivity contribution in [3.8, 4) is 0 Å². The molecule has 0 aliphatic rings. The zero-order valence-corrected chi connectivity index (χ0v) is 19.5. The fourth-order valence-corrected chi connectivity index (χ4v) is 5.07. The summed E-state index contributed by atoms with van der Waals surface area (Å²) in [5, 5.41) is 3.09. The summed E-state index contributed by atoms with van der Waals surface area (Å²) in [6.07, 6.45) is 0. The van der Waals surface area contributed by atoms with Crippen LogP contribution < -0.4 is 11.1 Å². The minimum absolute atomic E-state index is 0.0203. The van der Waals surface area contributed by atoms with Crippen LogP contribution in [0.15, 0.2) is 83.8 Å². The van der Waals surface area contributed by atoms with E-state index in [4.69, 9.17) is 17.3 Å². The third-order valence-corrected chi connectivity index (χ3v) is 7.06. The highest BCUT2D eigenvalue weighted by Crippen LogP contribution is 2.30. The van der Waals surface area contributed by atoms with Crippen molar-refractivity contribution in [2.75, 3.05) is 6.54 Å². The Morgan fingerprint density at radius 2 is 1.58 bits per heavy atom. The number of nitrogens with two attached hydrogens (primary N) is 1. The van der Waals surface area contributed by atoms with Crippen LogP contribution in [0.5, 0.6) is 0 Å². The second kappa shape index (κ2) is 10.6. The summed E-state index contributed by atoms with van der Waals surface area (Å²) in [7, 11) is -4.15. The van der Waals surface area contributed by atoms with E-state index in [-0.39, 0.29) is 17.3 Å². The van der Waals surface area contributed by atoms with E-state index in [2.05, 4.69) is 5.32 Å². The number of hydrogen-bond donors (Lipinski definition) is 2. The smallest absolute Gasteiger partial charge is 0.251 e. The van der Waals surface area contributed by atoms with Crippen LogP contribution in [0, 0.1) is 0 Å². The van der Waals surface area contributed by atoms with E-state index in [9.17, 15) is 18.0 Å². The summed E-state index contributed by atoms with van der Waals surface area (Å²) >= 11 is 5.93. The van der Waals surface area contributed by atoms with Crippen molar-refractivity contribution in [1.29, 1.82) is 0 Å². The van der Waals surface area contributed by atoms with Gasteiger partial charge in [0.15, 0.2) is 0 Å². The number of benzene rings is 3. The topological polar surface area (TPSA) is 110 Å². The summed E-state index contributed by atoms with van der Waals surface area (Å²) in [6, 6.07) is 19.5. The predicted molar refractivity (Wildman–Crippen MR) is 127 cm³/mol. The van der Waals surface area contributed by atoms with E-state index >= 15 is 0 Å². The van der Waals surface area contributed by atoms with E-state index in [0.717, 1.165) is 4.31 Å².